The number of hydrogen-bond donors (Lipinski definition) is 3. The van der Waals surface area contributed by atoms with E-state index < -0.39 is 11.8 Å². The van der Waals surface area contributed by atoms with Crippen LogP contribution in [0.25, 0.3) is 0 Å². The van der Waals surface area contributed by atoms with Crippen LogP contribution in [0.5, 0.6) is 0 Å². The Hall–Kier alpha value is -1.78. The highest BCUT2D eigenvalue weighted by Gasteiger charge is 2.14. The van der Waals surface area contributed by atoms with Gasteiger partial charge in [0.1, 0.15) is 5.82 Å². The zero-order chi connectivity index (χ0) is 12.3. The highest BCUT2D eigenvalue weighted by Crippen LogP contribution is 2.17. The molecule has 0 aliphatic rings. The number of benzene rings is 1. The van der Waals surface area contributed by atoms with Gasteiger partial charge in [0.15, 0.2) is 0 Å². The van der Waals surface area contributed by atoms with E-state index in [-0.39, 0.29) is 11.2 Å². The number of rotatable bonds is 1. The minimum atomic E-state index is -0.516. The van der Waals surface area contributed by atoms with E-state index in [4.69, 9.17) is 5.73 Å². The Morgan fingerprint density at radius 1 is 1.38 bits per heavy atom. The molecule has 1 aromatic rings. The minimum Gasteiger partial charge on any atom is -0.399 e. The first-order chi connectivity index (χ1) is 7.28. The molecule has 0 fully saturated rings. The van der Waals surface area contributed by atoms with Crippen LogP contribution in [0.1, 0.15) is 20.8 Å². The lowest BCUT2D eigenvalue weighted by Crippen LogP contribution is -2.43. The number of anilines is 2. The fourth-order valence-electron chi connectivity index (χ4n) is 1.13. The van der Waals surface area contributed by atoms with Crippen LogP contribution in [0.4, 0.5) is 20.6 Å². The monoisotopic (exact) mass is 225 g/mol. The molecule has 0 aliphatic heterocycles. The van der Waals surface area contributed by atoms with Crippen LogP contribution in [0.3, 0.4) is 0 Å². The smallest absolute Gasteiger partial charge is 0.319 e. The van der Waals surface area contributed by atoms with Gasteiger partial charge in [-0.05, 0) is 39.0 Å². The molecule has 4 N–H and O–H groups in total. The van der Waals surface area contributed by atoms with Crippen molar-refractivity contribution < 1.29 is 9.18 Å². The second-order valence-electron chi connectivity index (χ2n) is 4.57. The Bertz CT molecular complexity index is 399. The molecule has 5 heteroatoms. The van der Waals surface area contributed by atoms with Crippen molar-refractivity contribution in [3.05, 3.63) is 24.0 Å². The van der Waals surface area contributed by atoms with Crippen LogP contribution in [0, 0.1) is 5.82 Å². The largest absolute Gasteiger partial charge is 0.399 e. The van der Waals surface area contributed by atoms with Crippen LogP contribution in [-0.4, -0.2) is 11.6 Å². The van der Waals surface area contributed by atoms with Crippen molar-refractivity contribution in [3.63, 3.8) is 0 Å². The zero-order valence-electron chi connectivity index (χ0n) is 9.60. The van der Waals surface area contributed by atoms with Crippen LogP contribution in [0.15, 0.2) is 18.2 Å². The molecule has 88 valence electrons. The van der Waals surface area contributed by atoms with Crippen LogP contribution in [0.2, 0.25) is 0 Å². The van der Waals surface area contributed by atoms with Gasteiger partial charge in [-0.1, -0.05) is 0 Å². The molecule has 0 aromatic heterocycles. The van der Waals surface area contributed by atoms with Gasteiger partial charge in [0, 0.05) is 11.2 Å². The van der Waals surface area contributed by atoms with E-state index in [2.05, 4.69) is 10.6 Å². The fourth-order valence-corrected chi connectivity index (χ4v) is 1.13. The number of nitrogen functional groups attached to an aromatic ring is 1. The molecule has 0 bridgehead atoms. The summed E-state index contributed by atoms with van der Waals surface area (Å²) in [6.07, 6.45) is 0. The second-order valence-corrected chi connectivity index (χ2v) is 4.57. The standard InChI is InChI=1S/C11H16FN3O/c1-11(2,3)15-10(16)14-9-6-7(13)4-5-8(9)12/h4-6H,13H2,1-3H3,(H2,14,15,16). The van der Waals surface area contributed by atoms with E-state index in [1.165, 1.54) is 18.2 Å². The fraction of sp³-hybridized carbons (Fsp3) is 0.364. The first kappa shape index (κ1) is 12.3. The van der Waals surface area contributed by atoms with E-state index in [0.29, 0.717) is 5.69 Å². The maximum Gasteiger partial charge on any atom is 0.319 e. The highest BCUT2D eigenvalue weighted by atomic mass is 19.1. The third-order valence-electron chi connectivity index (χ3n) is 1.73. The van der Waals surface area contributed by atoms with Gasteiger partial charge in [0.2, 0.25) is 0 Å². The summed E-state index contributed by atoms with van der Waals surface area (Å²) in [6, 6.07) is 3.55. The lowest BCUT2D eigenvalue weighted by molar-refractivity contribution is 0.243. The summed E-state index contributed by atoms with van der Waals surface area (Å²) in [5.41, 5.74) is 5.58. The van der Waals surface area contributed by atoms with Gasteiger partial charge in [-0.25, -0.2) is 9.18 Å². The summed E-state index contributed by atoms with van der Waals surface area (Å²) in [7, 11) is 0. The number of nitrogens with one attached hydrogen (secondary N) is 2. The molecule has 0 saturated heterocycles. The third-order valence-corrected chi connectivity index (χ3v) is 1.73. The van der Waals surface area contributed by atoms with Crippen LogP contribution < -0.4 is 16.4 Å². The molecular formula is C11H16FN3O. The molecule has 0 heterocycles. The average Bonchev–Trinajstić information content (AvgIpc) is 2.08. The molecule has 0 saturated carbocycles. The van der Waals surface area contributed by atoms with Crippen molar-refractivity contribution >= 4 is 17.4 Å². The quantitative estimate of drug-likeness (QED) is 0.642. The van der Waals surface area contributed by atoms with Gasteiger partial charge in [0.25, 0.3) is 0 Å². The van der Waals surface area contributed by atoms with Gasteiger partial charge < -0.3 is 16.4 Å². The molecule has 1 aromatic carbocycles. The molecule has 2 amide bonds. The summed E-state index contributed by atoms with van der Waals surface area (Å²) >= 11 is 0. The molecule has 16 heavy (non-hydrogen) atoms. The molecule has 0 spiro atoms. The summed E-state index contributed by atoms with van der Waals surface area (Å²) in [6.45, 7) is 5.51. The van der Waals surface area contributed by atoms with E-state index in [0.717, 1.165) is 0 Å². The predicted molar refractivity (Wildman–Crippen MR) is 62.7 cm³/mol. The van der Waals surface area contributed by atoms with Crippen molar-refractivity contribution in [2.75, 3.05) is 11.1 Å². The third kappa shape index (κ3) is 3.76. The molecular weight excluding hydrogens is 209 g/mol. The number of hydrogen-bond acceptors (Lipinski definition) is 2. The Labute approximate surface area is 94.0 Å². The Balaban J connectivity index is 2.73. The molecule has 0 unspecified atom stereocenters. The Morgan fingerprint density at radius 3 is 2.56 bits per heavy atom. The van der Waals surface area contributed by atoms with Crippen molar-refractivity contribution in [1.82, 2.24) is 5.32 Å². The molecule has 0 radical (unpaired) electrons. The Morgan fingerprint density at radius 2 is 2.00 bits per heavy atom. The normalized spacial score (nSPS) is 11.0. The number of urea groups is 1. The van der Waals surface area contributed by atoms with E-state index in [1.807, 2.05) is 20.8 Å². The minimum absolute atomic E-state index is 0.0711. The molecule has 4 nitrogen and oxygen atoms in total. The van der Waals surface area contributed by atoms with Gasteiger partial charge in [-0.2, -0.15) is 0 Å². The van der Waals surface area contributed by atoms with Gasteiger partial charge >= 0.3 is 6.03 Å². The van der Waals surface area contributed by atoms with E-state index in [1.54, 1.807) is 0 Å². The van der Waals surface area contributed by atoms with Crippen LogP contribution in [-0.2, 0) is 0 Å². The Kier molecular flexibility index (Phi) is 3.37. The first-order valence-electron chi connectivity index (χ1n) is 4.92. The first-order valence-corrected chi connectivity index (χ1v) is 4.92. The maximum absolute atomic E-state index is 13.3. The lowest BCUT2D eigenvalue weighted by Gasteiger charge is -2.20. The van der Waals surface area contributed by atoms with Crippen molar-refractivity contribution in [1.29, 1.82) is 0 Å². The summed E-state index contributed by atoms with van der Waals surface area (Å²) < 4.78 is 13.3. The predicted octanol–water partition coefficient (Wildman–Crippen LogP) is 2.33. The van der Waals surface area contributed by atoms with Crippen molar-refractivity contribution in [3.8, 4) is 0 Å². The van der Waals surface area contributed by atoms with Crippen LogP contribution >= 0.6 is 0 Å². The van der Waals surface area contributed by atoms with Gasteiger partial charge in [-0.3, -0.25) is 0 Å². The number of nitrogens with two attached hydrogens (primary N) is 1. The average molecular weight is 225 g/mol. The van der Waals surface area contributed by atoms with Crippen molar-refractivity contribution in [2.45, 2.75) is 26.3 Å². The lowest BCUT2D eigenvalue weighted by atomic mass is 10.1. The number of carbonyl (C=O) groups excluding carboxylic acids is 1. The summed E-state index contributed by atoms with van der Waals surface area (Å²) in [5, 5.41) is 5.06. The number of amides is 2. The molecule has 0 aliphatic carbocycles. The van der Waals surface area contributed by atoms with Crippen molar-refractivity contribution in [2.24, 2.45) is 0 Å². The van der Waals surface area contributed by atoms with Gasteiger partial charge in [-0.15, -0.1) is 0 Å². The van der Waals surface area contributed by atoms with E-state index in [9.17, 15) is 9.18 Å². The SMILES string of the molecule is CC(C)(C)NC(=O)Nc1cc(N)ccc1F. The second kappa shape index (κ2) is 4.38. The highest BCUT2D eigenvalue weighted by molar-refractivity contribution is 5.90. The number of carbonyl (C=O) groups is 1. The summed E-state index contributed by atoms with van der Waals surface area (Å²) in [4.78, 5) is 11.5. The molecule has 0 atom stereocenters. The summed E-state index contributed by atoms with van der Waals surface area (Å²) in [5.74, 6) is -0.516. The molecule has 1 rings (SSSR count). The van der Waals surface area contributed by atoms with Gasteiger partial charge in [0.05, 0.1) is 5.69 Å². The van der Waals surface area contributed by atoms with E-state index >= 15 is 0 Å². The number of halogens is 1. The maximum atomic E-state index is 13.3. The zero-order valence-corrected chi connectivity index (χ0v) is 9.60. The topological polar surface area (TPSA) is 67.2 Å².